The normalized spacial score (nSPS) is 25.0. The molecular formula is C13H20N2O. The SMILES string of the molecule is COc1ccccc1C1(N(C)C)CCNC1. The first-order valence-electron chi connectivity index (χ1n) is 5.72. The van der Waals surface area contributed by atoms with Crippen LogP contribution < -0.4 is 10.1 Å². The van der Waals surface area contributed by atoms with Crippen LogP contribution in [0.3, 0.4) is 0 Å². The minimum Gasteiger partial charge on any atom is -0.496 e. The lowest BCUT2D eigenvalue weighted by atomic mass is 9.87. The van der Waals surface area contributed by atoms with E-state index in [0.717, 1.165) is 25.3 Å². The molecule has 2 rings (SSSR count). The molecule has 0 amide bonds. The van der Waals surface area contributed by atoms with Crippen LogP contribution in [0.15, 0.2) is 24.3 Å². The summed E-state index contributed by atoms with van der Waals surface area (Å²) >= 11 is 0. The van der Waals surface area contributed by atoms with Crippen LogP contribution in [0.2, 0.25) is 0 Å². The van der Waals surface area contributed by atoms with E-state index in [1.165, 1.54) is 5.56 Å². The van der Waals surface area contributed by atoms with Crippen molar-refractivity contribution in [3.8, 4) is 5.75 Å². The maximum absolute atomic E-state index is 5.48. The highest BCUT2D eigenvalue weighted by atomic mass is 16.5. The second kappa shape index (κ2) is 4.44. The van der Waals surface area contributed by atoms with Crippen molar-refractivity contribution in [3.63, 3.8) is 0 Å². The summed E-state index contributed by atoms with van der Waals surface area (Å²) in [7, 11) is 6.02. The zero-order valence-electron chi connectivity index (χ0n) is 10.3. The van der Waals surface area contributed by atoms with Gasteiger partial charge in [0.25, 0.3) is 0 Å². The maximum Gasteiger partial charge on any atom is 0.123 e. The van der Waals surface area contributed by atoms with Crippen LogP contribution in [-0.2, 0) is 5.54 Å². The topological polar surface area (TPSA) is 24.5 Å². The van der Waals surface area contributed by atoms with Gasteiger partial charge in [-0.25, -0.2) is 0 Å². The molecule has 1 N–H and O–H groups in total. The zero-order chi connectivity index (χ0) is 11.6. The van der Waals surface area contributed by atoms with Crippen LogP contribution in [0, 0.1) is 0 Å². The van der Waals surface area contributed by atoms with Crippen LogP contribution >= 0.6 is 0 Å². The van der Waals surface area contributed by atoms with Gasteiger partial charge >= 0.3 is 0 Å². The van der Waals surface area contributed by atoms with Crippen molar-refractivity contribution < 1.29 is 4.74 Å². The number of rotatable bonds is 3. The molecule has 16 heavy (non-hydrogen) atoms. The van der Waals surface area contributed by atoms with Crippen LogP contribution in [0.4, 0.5) is 0 Å². The summed E-state index contributed by atoms with van der Waals surface area (Å²) in [5.41, 5.74) is 1.36. The quantitative estimate of drug-likeness (QED) is 0.834. The number of hydrogen-bond acceptors (Lipinski definition) is 3. The summed E-state index contributed by atoms with van der Waals surface area (Å²) in [6, 6.07) is 8.32. The highest BCUT2D eigenvalue weighted by Gasteiger charge is 2.39. The van der Waals surface area contributed by atoms with Crippen molar-refractivity contribution in [2.75, 3.05) is 34.3 Å². The molecule has 1 unspecified atom stereocenters. The molecule has 0 spiro atoms. The largest absolute Gasteiger partial charge is 0.496 e. The minimum atomic E-state index is 0.0760. The summed E-state index contributed by atoms with van der Waals surface area (Å²) in [5, 5.41) is 3.45. The van der Waals surface area contributed by atoms with Gasteiger partial charge in [-0.05, 0) is 33.1 Å². The number of benzene rings is 1. The molecule has 1 aromatic rings. The number of methoxy groups -OCH3 is 1. The third-order valence-electron chi connectivity index (χ3n) is 3.60. The van der Waals surface area contributed by atoms with Gasteiger partial charge < -0.3 is 10.1 Å². The van der Waals surface area contributed by atoms with E-state index in [2.05, 4.69) is 36.4 Å². The Balaban J connectivity index is 2.46. The van der Waals surface area contributed by atoms with Crippen LogP contribution in [0.25, 0.3) is 0 Å². The highest BCUT2D eigenvalue weighted by molar-refractivity contribution is 5.40. The smallest absolute Gasteiger partial charge is 0.123 e. The van der Waals surface area contributed by atoms with Gasteiger partial charge in [-0.15, -0.1) is 0 Å². The molecule has 1 fully saturated rings. The molecule has 0 saturated carbocycles. The van der Waals surface area contributed by atoms with Gasteiger partial charge in [-0.2, -0.15) is 0 Å². The Morgan fingerprint density at radius 2 is 2.06 bits per heavy atom. The molecule has 0 radical (unpaired) electrons. The molecule has 88 valence electrons. The van der Waals surface area contributed by atoms with Gasteiger partial charge in [-0.3, -0.25) is 4.90 Å². The maximum atomic E-state index is 5.48. The van der Waals surface area contributed by atoms with Gasteiger partial charge in [0, 0.05) is 12.1 Å². The number of likely N-dealkylation sites (N-methyl/N-ethyl adjacent to an activating group) is 1. The summed E-state index contributed by atoms with van der Waals surface area (Å²) in [6.45, 7) is 2.05. The van der Waals surface area contributed by atoms with Gasteiger partial charge in [-0.1, -0.05) is 18.2 Å². The van der Waals surface area contributed by atoms with E-state index < -0.39 is 0 Å². The van der Waals surface area contributed by atoms with Gasteiger partial charge in [0.05, 0.1) is 12.6 Å². The van der Waals surface area contributed by atoms with Crippen molar-refractivity contribution in [2.45, 2.75) is 12.0 Å². The predicted octanol–water partition coefficient (Wildman–Crippen LogP) is 1.45. The molecule has 1 saturated heterocycles. The molecule has 0 bridgehead atoms. The fourth-order valence-corrected chi connectivity index (χ4v) is 2.56. The fraction of sp³-hybridized carbons (Fsp3) is 0.538. The van der Waals surface area contributed by atoms with E-state index in [1.54, 1.807) is 7.11 Å². The Kier molecular flexibility index (Phi) is 3.17. The predicted molar refractivity (Wildman–Crippen MR) is 65.8 cm³/mol. The first-order chi connectivity index (χ1) is 7.70. The number of ether oxygens (including phenoxy) is 1. The van der Waals surface area contributed by atoms with Crippen LogP contribution in [-0.4, -0.2) is 39.2 Å². The number of hydrogen-bond donors (Lipinski definition) is 1. The standard InChI is InChI=1S/C13H20N2O/c1-15(2)13(8-9-14-10-13)11-6-4-5-7-12(11)16-3/h4-7,14H,8-10H2,1-3H3. The van der Waals surface area contributed by atoms with E-state index in [4.69, 9.17) is 4.74 Å². The number of nitrogens with one attached hydrogen (secondary N) is 1. The van der Waals surface area contributed by atoms with Crippen LogP contribution in [0.5, 0.6) is 5.75 Å². The van der Waals surface area contributed by atoms with E-state index in [0.29, 0.717) is 0 Å². The number of nitrogens with zero attached hydrogens (tertiary/aromatic N) is 1. The van der Waals surface area contributed by atoms with E-state index in [-0.39, 0.29) is 5.54 Å². The third-order valence-corrected chi connectivity index (χ3v) is 3.60. The molecule has 1 aliphatic heterocycles. The van der Waals surface area contributed by atoms with Crippen molar-refractivity contribution in [3.05, 3.63) is 29.8 Å². The Morgan fingerprint density at radius 3 is 2.62 bits per heavy atom. The van der Waals surface area contributed by atoms with Gasteiger partial charge in [0.1, 0.15) is 5.75 Å². The van der Waals surface area contributed by atoms with E-state index >= 15 is 0 Å². The zero-order valence-corrected chi connectivity index (χ0v) is 10.3. The fourth-order valence-electron chi connectivity index (χ4n) is 2.56. The average Bonchev–Trinajstić information content (AvgIpc) is 2.79. The second-order valence-corrected chi connectivity index (χ2v) is 4.55. The molecule has 0 aliphatic carbocycles. The highest BCUT2D eigenvalue weighted by Crippen LogP contribution is 2.37. The Morgan fingerprint density at radius 1 is 1.31 bits per heavy atom. The molecule has 3 nitrogen and oxygen atoms in total. The molecule has 1 aromatic carbocycles. The summed E-state index contributed by atoms with van der Waals surface area (Å²) in [6.07, 6.45) is 1.13. The molecular weight excluding hydrogens is 200 g/mol. The van der Waals surface area contributed by atoms with Gasteiger partial charge in [0.15, 0.2) is 0 Å². The second-order valence-electron chi connectivity index (χ2n) is 4.55. The Labute approximate surface area is 97.4 Å². The van der Waals surface area contributed by atoms with Crippen molar-refractivity contribution in [1.82, 2.24) is 10.2 Å². The molecule has 1 aliphatic rings. The molecule has 3 heteroatoms. The minimum absolute atomic E-state index is 0.0760. The molecule has 0 aromatic heterocycles. The van der Waals surface area contributed by atoms with Gasteiger partial charge in [0.2, 0.25) is 0 Å². The first kappa shape index (κ1) is 11.4. The van der Waals surface area contributed by atoms with Crippen molar-refractivity contribution in [2.24, 2.45) is 0 Å². The Hall–Kier alpha value is -1.06. The summed E-state index contributed by atoms with van der Waals surface area (Å²) in [4.78, 5) is 2.30. The Bertz CT molecular complexity index is 357. The van der Waals surface area contributed by atoms with Crippen molar-refractivity contribution in [1.29, 1.82) is 0 Å². The number of para-hydroxylation sites is 1. The lowest BCUT2D eigenvalue weighted by molar-refractivity contribution is 0.169. The first-order valence-corrected chi connectivity index (χ1v) is 5.72. The molecule has 1 atom stereocenters. The third kappa shape index (κ3) is 1.70. The van der Waals surface area contributed by atoms with E-state index in [1.807, 2.05) is 12.1 Å². The summed E-state index contributed by atoms with van der Waals surface area (Å²) < 4.78 is 5.48. The monoisotopic (exact) mass is 220 g/mol. The van der Waals surface area contributed by atoms with Crippen molar-refractivity contribution >= 4 is 0 Å². The summed E-state index contributed by atoms with van der Waals surface area (Å²) in [5.74, 6) is 0.986. The van der Waals surface area contributed by atoms with Crippen LogP contribution in [0.1, 0.15) is 12.0 Å². The lowest BCUT2D eigenvalue weighted by Crippen LogP contribution is -2.43. The molecule has 1 heterocycles. The van der Waals surface area contributed by atoms with E-state index in [9.17, 15) is 0 Å². The average molecular weight is 220 g/mol. The lowest BCUT2D eigenvalue weighted by Gasteiger charge is -2.37.